The highest BCUT2D eigenvalue weighted by Crippen LogP contribution is 2.21. The average molecular weight is 474 g/mol. The second-order valence-corrected chi connectivity index (χ2v) is 9.06. The molecule has 0 spiro atoms. The molecule has 6 heteroatoms. The molecule has 0 aliphatic heterocycles. The molecule has 0 saturated carbocycles. The Hall–Kier alpha value is -3.51. The number of hydrogen-bond acceptors (Lipinski definition) is 2. The molecular formula is C28H28FN3OS. The molecule has 1 atom stereocenters. The smallest absolute Gasteiger partial charge is 0.253 e. The molecule has 1 aromatic heterocycles. The average Bonchev–Trinajstić information content (AvgIpc) is 2.83. The number of rotatable bonds is 6. The SMILES string of the molecule is Cc1ccc(C)c2[nH]c(=O)c(CN(Cc3ccc(F)cc3)C(=S)N[C@@H](C)c3ccccc3)cc12. The predicted octanol–water partition coefficient (Wildman–Crippen LogP) is 5.92. The lowest BCUT2D eigenvalue weighted by atomic mass is 10.0. The topological polar surface area (TPSA) is 48.1 Å². The van der Waals surface area contributed by atoms with Crippen molar-refractivity contribution in [2.75, 3.05) is 0 Å². The van der Waals surface area contributed by atoms with Crippen molar-refractivity contribution >= 4 is 28.2 Å². The normalized spacial score (nSPS) is 11.9. The number of thiocarbonyl (C=S) groups is 1. The van der Waals surface area contributed by atoms with Crippen molar-refractivity contribution in [1.29, 1.82) is 0 Å². The lowest BCUT2D eigenvalue weighted by Crippen LogP contribution is -2.41. The van der Waals surface area contributed by atoms with Crippen LogP contribution in [0.2, 0.25) is 0 Å². The number of benzene rings is 3. The molecule has 34 heavy (non-hydrogen) atoms. The fraction of sp³-hybridized carbons (Fsp3) is 0.214. The van der Waals surface area contributed by atoms with E-state index in [1.807, 2.05) is 68.1 Å². The number of aromatic amines is 1. The molecule has 0 fully saturated rings. The maximum atomic E-state index is 13.5. The van der Waals surface area contributed by atoms with Gasteiger partial charge in [-0.2, -0.15) is 0 Å². The van der Waals surface area contributed by atoms with E-state index in [-0.39, 0.29) is 17.4 Å². The minimum absolute atomic E-state index is 0.0100. The van der Waals surface area contributed by atoms with Gasteiger partial charge in [0.2, 0.25) is 0 Å². The minimum atomic E-state index is -0.287. The van der Waals surface area contributed by atoms with E-state index >= 15 is 0 Å². The second-order valence-electron chi connectivity index (χ2n) is 8.68. The quantitative estimate of drug-likeness (QED) is 0.341. The highest BCUT2D eigenvalue weighted by atomic mass is 32.1. The Balaban J connectivity index is 1.65. The van der Waals surface area contributed by atoms with Gasteiger partial charge >= 0.3 is 0 Å². The third-order valence-electron chi connectivity index (χ3n) is 6.10. The molecule has 1 heterocycles. The van der Waals surface area contributed by atoms with Crippen LogP contribution in [-0.4, -0.2) is 15.0 Å². The lowest BCUT2D eigenvalue weighted by molar-refractivity contribution is 0.392. The van der Waals surface area contributed by atoms with E-state index in [1.54, 1.807) is 12.1 Å². The van der Waals surface area contributed by atoms with Gasteiger partial charge < -0.3 is 15.2 Å². The van der Waals surface area contributed by atoms with Gasteiger partial charge in [0.1, 0.15) is 5.82 Å². The third-order valence-corrected chi connectivity index (χ3v) is 6.47. The molecule has 0 unspecified atom stereocenters. The van der Waals surface area contributed by atoms with E-state index in [9.17, 15) is 9.18 Å². The van der Waals surface area contributed by atoms with E-state index < -0.39 is 0 Å². The number of H-pyrrole nitrogens is 1. The molecule has 0 radical (unpaired) electrons. The molecule has 4 aromatic rings. The Labute approximate surface area is 204 Å². The predicted molar refractivity (Wildman–Crippen MR) is 140 cm³/mol. The first kappa shape index (κ1) is 23.6. The van der Waals surface area contributed by atoms with Crippen molar-refractivity contribution < 1.29 is 4.39 Å². The van der Waals surface area contributed by atoms with Crippen molar-refractivity contribution in [3.8, 4) is 0 Å². The van der Waals surface area contributed by atoms with E-state index in [4.69, 9.17) is 12.2 Å². The highest BCUT2D eigenvalue weighted by Gasteiger charge is 2.17. The maximum Gasteiger partial charge on any atom is 0.253 e. The van der Waals surface area contributed by atoms with Gasteiger partial charge in [-0.05, 0) is 73.4 Å². The van der Waals surface area contributed by atoms with E-state index in [2.05, 4.69) is 16.4 Å². The van der Waals surface area contributed by atoms with Crippen LogP contribution in [0.4, 0.5) is 4.39 Å². The number of nitrogens with zero attached hydrogens (tertiary/aromatic N) is 1. The molecule has 0 aliphatic rings. The largest absolute Gasteiger partial charge is 0.356 e. The van der Waals surface area contributed by atoms with Gasteiger partial charge in [0.05, 0.1) is 18.1 Å². The van der Waals surface area contributed by atoms with Gasteiger partial charge in [0, 0.05) is 17.5 Å². The second kappa shape index (κ2) is 10.2. The van der Waals surface area contributed by atoms with Crippen LogP contribution < -0.4 is 10.9 Å². The molecule has 2 N–H and O–H groups in total. The third kappa shape index (κ3) is 5.34. The molecule has 0 bridgehead atoms. The fourth-order valence-corrected chi connectivity index (χ4v) is 4.36. The first-order chi connectivity index (χ1) is 16.3. The Morgan fingerprint density at radius 3 is 2.38 bits per heavy atom. The van der Waals surface area contributed by atoms with Gasteiger partial charge in [0.25, 0.3) is 5.56 Å². The van der Waals surface area contributed by atoms with Crippen LogP contribution >= 0.6 is 12.2 Å². The van der Waals surface area contributed by atoms with Gasteiger partial charge in [-0.3, -0.25) is 4.79 Å². The van der Waals surface area contributed by atoms with Crippen molar-refractivity contribution in [3.63, 3.8) is 0 Å². The van der Waals surface area contributed by atoms with Gasteiger partial charge in [0.15, 0.2) is 5.11 Å². The summed E-state index contributed by atoms with van der Waals surface area (Å²) in [5, 5.41) is 4.95. The zero-order valence-electron chi connectivity index (χ0n) is 19.6. The summed E-state index contributed by atoms with van der Waals surface area (Å²) in [7, 11) is 0. The van der Waals surface area contributed by atoms with Crippen molar-refractivity contribution in [1.82, 2.24) is 15.2 Å². The summed E-state index contributed by atoms with van der Waals surface area (Å²) in [6.07, 6.45) is 0. The Morgan fingerprint density at radius 1 is 1.00 bits per heavy atom. The summed E-state index contributed by atoms with van der Waals surface area (Å²) in [6.45, 7) is 6.84. The minimum Gasteiger partial charge on any atom is -0.356 e. The summed E-state index contributed by atoms with van der Waals surface area (Å²) in [4.78, 5) is 18.0. The zero-order chi connectivity index (χ0) is 24.2. The number of aryl methyl sites for hydroxylation is 2. The summed E-state index contributed by atoms with van der Waals surface area (Å²) < 4.78 is 13.5. The molecule has 3 aromatic carbocycles. The van der Waals surface area contributed by atoms with Crippen LogP contribution in [0.3, 0.4) is 0 Å². The Morgan fingerprint density at radius 2 is 1.68 bits per heavy atom. The van der Waals surface area contributed by atoms with Crippen LogP contribution in [-0.2, 0) is 13.1 Å². The lowest BCUT2D eigenvalue weighted by Gasteiger charge is -2.28. The maximum absolute atomic E-state index is 13.5. The van der Waals surface area contributed by atoms with Crippen LogP contribution in [0.25, 0.3) is 10.9 Å². The van der Waals surface area contributed by atoms with E-state index in [0.29, 0.717) is 23.8 Å². The molecule has 174 valence electrons. The molecule has 0 amide bonds. The summed E-state index contributed by atoms with van der Waals surface area (Å²) in [5.74, 6) is -0.287. The van der Waals surface area contributed by atoms with Crippen LogP contribution in [0.1, 0.15) is 40.8 Å². The fourth-order valence-electron chi connectivity index (χ4n) is 4.05. The molecular weight excluding hydrogens is 445 g/mol. The monoisotopic (exact) mass is 473 g/mol. The first-order valence-electron chi connectivity index (χ1n) is 11.3. The van der Waals surface area contributed by atoms with Crippen LogP contribution in [0.15, 0.2) is 77.6 Å². The number of halogens is 1. The van der Waals surface area contributed by atoms with Crippen LogP contribution in [0, 0.1) is 19.7 Å². The van der Waals surface area contributed by atoms with Gasteiger partial charge in [-0.15, -0.1) is 0 Å². The number of aromatic nitrogens is 1. The summed E-state index contributed by atoms with van der Waals surface area (Å²) >= 11 is 5.79. The number of nitrogens with one attached hydrogen (secondary N) is 2. The Kier molecular flexibility index (Phi) is 7.08. The summed E-state index contributed by atoms with van der Waals surface area (Å²) in [6, 6.07) is 22.4. The van der Waals surface area contributed by atoms with Gasteiger partial charge in [-0.25, -0.2) is 4.39 Å². The van der Waals surface area contributed by atoms with Gasteiger partial charge in [-0.1, -0.05) is 54.6 Å². The van der Waals surface area contributed by atoms with Crippen molar-refractivity contribution in [2.24, 2.45) is 0 Å². The standard InChI is InChI=1S/C28H28FN3OS/c1-18-9-10-19(2)26-25(18)15-23(27(33)31-26)17-32(16-21-11-13-24(29)14-12-21)28(34)30-20(3)22-7-5-4-6-8-22/h4-15,20H,16-17H2,1-3H3,(H,30,34)(H,31,33)/t20-/m0/s1. The molecule has 4 nitrogen and oxygen atoms in total. The molecule has 0 saturated heterocycles. The van der Waals surface area contributed by atoms with E-state index in [1.165, 1.54) is 12.1 Å². The zero-order valence-corrected chi connectivity index (χ0v) is 20.4. The number of hydrogen-bond donors (Lipinski definition) is 2. The Bertz CT molecular complexity index is 1370. The molecule has 0 aliphatic carbocycles. The highest BCUT2D eigenvalue weighted by molar-refractivity contribution is 7.80. The first-order valence-corrected chi connectivity index (χ1v) is 11.7. The molecule has 4 rings (SSSR count). The van der Waals surface area contributed by atoms with E-state index in [0.717, 1.165) is 33.2 Å². The van der Waals surface area contributed by atoms with Crippen LogP contribution in [0.5, 0.6) is 0 Å². The van der Waals surface area contributed by atoms with Crippen molar-refractivity contribution in [3.05, 3.63) is 117 Å². The number of fused-ring (bicyclic) bond motifs is 1. The summed E-state index contributed by atoms with van der Waals surface area (Å²) in [5.41, 5.74) is 5.49. The van der Waals surface area contributed by atoms with Crippen molar-refractivity contribution in [2.45, 2.75) is 39.9 Å². The number of pyridine rings is 1.